The van der Waals surface area contributed by atoms with Gasteiger partial charge in [0.2, 0.25) is 0 Å². The Kier molecular flexibility index (Phi) is 6.92. The third-order valence-electron chi connectivity index (χ3n) is 4.62. The molecule has 3 rings (SSSR count). The van der Waals surface area contributed by atoms with Gasteiger partial charge in [-0.1, -0.05) is 28.1 Å². The summed E-state index contributed by atoms with van der Waals surface area (Å²) < 4.78 is 6.33. The van der Waals surface area contributed by atoms with Crippen molar-refractivity contribution in [3.05, 3.63) is 58.5 Å². The van der Waals surface area contributed by atoms with E-state index in [2.05, 4.69) is 49.3 Å². The summed E-state index contributed by atoms with van der Waals surface area (Å²) in [5, 5.41) is 3.44. The fraction of sp³-hybridized carbons (Fsp3) is 0.400. The number of aryl methyl sites for hydroxylation is 1. The van der Waals surface area contributed by atoms with E-state index >= 15 is 0 Å². The van der Waals surface area contributed by atoms with Crippen LogP contribution in [0.25, 0.3) is 0 Å². The van der Waals surface area contributed by atoms with E-state index in [1.807, 2.05) is 11.0 Å². The number of carbonyl (C=O) groups is 1. The molecule has 1 saturated heterocycles. The number of aliphatic imine (C=N–C) groups is 1. The number of carbonyl (C=O) groups excluding carboxylic acids is 1. The fourth-order valence-corrected chi connectivity index (χ4v) is 3.64. The molecule has 2 heterocycles. The zero-order chi connectivity index (χ0) is 19.1. The Bertz CT molecular complexity index is 768. The molecular weight excluding hydrogens is 408 g/mol. The van der Waals surface area contributed by atoms with Crippen molar-refractivity contribution < 1.29 is 9.21 Å². The molecule has 27 heavy (non-hydrogen) atoms. The minimum atomic E-state index is -0.0448. The second kappa shape index (κ2) is 9.60. The second-order valence-electron chi connectivity index (χ2n) is 6.46. The highest BCUT2D eigenvalue weighted by Crippen LogP contribution is 2.13. The number of nitrogens with one attached hydrogen (secondary N) is 1. The Hall–Kier alpha value is -2.28. The second-order valence-corrected chi connectivity index (χ2v) is 7.38. The van der Waals surface area contributed by atoms with Crippen molar-refractivity contribution in [2.75, 3.05) is 39.8 Å². The Balaban J connectivity index is 1.42. The van der Waals surface area contributed by atoms with Gasteiger partial charge < -0.3 is 19.5 Å². The normalized spacial score (nSPS) is 15.1. The Morgan fingerprint density at radius 2 is 1.96 bits per heavy atom. The summed E-state index contributed by atoms with van der Waals surface area (Å²) in [6.07, 6.45) is 3.59. The highest BCUT2D eigenvalue weighted by Gasteiger charge is 2.24. The number of amides is 1. The molecular formula is C20H25BrN4O2. The summed E-state index contributed by atoms with van der Waals surface area (Å²) in [6.45, 7) is 3.72. The number of piperazine rings is 1. The van der Waals surface area contributed by atoms with E-state index in [0.717, 1.165) is 42.9 Å². The van der Waals surface area contributed by atoms with Gasteiger partial charge in [0.05, 0.1) is 6.26 Å². The summed E-state index contributed by atoms with van der Waals surface area (Å²) in [5.74, 6) is 1.25. The fourth-order valence-electron chi connectivity index (χ4n) is 3.19. The molecule has 1 aliphatic rings. The Morgan fingerprint density at radius 1 is 1.19 bits per heavy atom. The lowest BCUT2D eigenvalue weighted by atomic mass is 10.1. The first kappa shape index (κ1) is 19.5. The van der Waals surface area contributed by atoms with Crippen LogP contribution in [-0.4, -0.2) is 61.4 Å². The van der Waals surface area contributed by atoms with Crippen molar-refractivity contribution in [1.82, 2.24) is 15.1 Å². The van der Waals surface area contributed by atoms with E-state index in [0.29, 0.717) is 18.8 Å². The average Bonchev–Trinajstić information content (AvgIpc) is 3.23. The molecule has 7 heteroatoms. The van der Waals surface area contributed by atoms with E-state index in [1.165, 1.54) is 11.8 Å². The summed E-state index contributed by atoms with van der Waals surface area (Å²) >= 11 is 3.51. The van der Waals surface area contributed by atoms with Crippen LogP contribution in [0.15, 0.2) is 56.5 Å². The SMILES string of the molecule is CN=C(NCCCc1cccc(Br)c1)N1CCN(C(=O)c2ccco2)CC1. The lowest BCUT2D eigenvalue weighted by Crippen LogP contribution is -2.53. The van der Waals surface area contributed by atoms with Crippen molar-refractivity contribution >= 4 is 27.8 Å². The molecule has 0 bridgehead atoms. The number of rotatable bonds is 5. The number of hydrogen-bond acceptors (Lipinski definition) is 3. The van der Waals surface area contributed by atoms with Crippen LogP contribution in [0.5, 0.6) is 0 Å². The van der Waals surface area contributed by atoms with Crippen LogP contribution >= 0.6 is 15.9 Å². The lowest BCUT2D eigenvalue weighted by Gasteiger charge is -2.36. The number of guanidine groups is 1. The predicted molar refractivity (Wildman–Crippen MR) is 110 cm³/mol. The molecule has 0 aliphatic carbocycles. The molecule has 1 N–H and O–H groups in total. The average molecular weight is 433 g/mol. The van der Waals surface area contributed by atoms with Gasteiger partial charge in [0.25, 0.3) is 5.91 Å². The van der Waals surface area contributed by atoms with Gasteiger partial charge in [0, 0.05) is 44.2 Å². The monoisotopic (exact) mass is 432 g/mol. The molecule has 0 radical (unpaired) electrons. The molecule has 0 saturated carbocycles. The van der Waals surface area contributed by atoms with Gasteiger partial charge in [-0.3, -0.25) is 9.79 Å². The number of nitrogens with zero attached hydrogens (tertiary/aromatic N) is 3. The quantitative estimate of drug-likeness (QED) is 0.448. The van der Waals surface area contributed by atoms with Crippen LogP contribution in [0.1, 0.15) is 22.5 Å². The van der Waals surface area contributed by atoms with Crippen molar-refractivity contribution in [1.29, 1.82) is 0 Å². The number of hydrogen-bond donors (Lipinski definition) is 1. The van der Waals surface area contributed by atoms with Crippen molar-refractivity contribution in [2.24, 2.45) is 4.99 Å². The van der Waals surface area contributed by atoms with Crippen LogP contribution in [0.2, 0.25) is 0 Å². The summed E-state index contributed by atoms with van der Waals surface area (Å²) in [6, 6.07) is 11.9. The smallest absolute Gasteiger partial charge is 0.289 e. The first-order chi connectivity index (χ1) is 13.2. The molecule has 6 nitrogen and oxygen atoms in total. The maximum Gasteiger partial charge on any atom is 0.289 e. The maximum absolute atomic E-state index is 12.3. The molecule has 0 spiro atoms. The first-order valence-corrected chi connectivity index (χ1v) is 9.99. The highest BCUT2D eigenvalue weighted by atomic mass is 79.9. The van der Waals surface area contributed by atoms with Crippen LogP contribution in [0.3, 0.4) is 0 Å². The zero-order valence-corrected chi connectivity index (χ0v) is 17.1. The molecule has 1 aliphatic heterocycles. The standard InChI is InChI=1S/C20H25BrN4O2/c1-22-20(23-9-3-6-16-5-2-7-17(21)15-16)25-12-10-24(11-13-25)19(26)18-8-4-14-27-18/h2,4-5,7-8,14-15H,3,6,9-13H2,1H3,(H,22,23). The summed E-state index contributed by atoms with van der Waals surface area (Å²) in [7, 11) is 1.80. The van der Waals surface area contributed by atoms with Crippen LogP contribution in [0, 0.1) is 0 Å². The van der Waals surface area contributed by atoms with Gasteiger partial charge in [0.1, 0.15) is 0 Å². The first-order valence-electron chi connectivity index (χ1n) is 9.20. The van der Waals surface area contributed by atoms with E-state index in [1.54, 1.807) is 19.2 Å². The third kappa shape index (κ3) is 5.35. The molecule has 0 atom stereocenters. The van der Waals surface area contributed by atoms with Gasteiger partial charge in [0.15, 0.2) is 11.7 Å². The largest absolute Gasteiger partial charge is 0.459 e. The van der Waals surface area contributed by atoms with Crippen LogP contribution < -0.4 is 5.32 Å². The van der Waals surface area contributed by atoms with Gasteiger partial charge >= 0.3 is 0 Å². The zero-order valence-electron chi connectivity index (χ0n) is 15.5. The van der Waals surface area contributed by atoms with Gasteiger partial charge in [-0.2, -0.15) is 0 Å². The molecule has 2 aromatic rings. The summed E-state index contributed by atoms with van der Waals surface area (Å²) in [5.41, 5.74) is 1.33. The predicted octanol–water partition coefficient (Wildman–Crippen LogP) is 3.01. The topological polar surface area (TPSA) is 61.1 Å². The van der Waals surface area contributed by atoms with Crippen molar-refractivity contribution in [2.45, 2.75) is 12.8 Å². The van der Waals surface area contributed by atoms with Gasteiger partial charge in [-0.05, 0) is 42.7 Å². The number of benzene rings is 1. The van der Waals surface area contributed by atoms with E-state index in [4.69, 9.17) is 4.42 Å². The van der Waals surface area contributed by atoms with Crippen LogP contribution in [-0.2, 0) is 6.42 Å². The highest BCUT2D eigenvalue weighted by molar-refractivity contribution is 9.10. The molecule has 144 valence electrons. The number of furan rings is 1. The molecule has 1 amide bonds. The third-order valence-corrected chi connectivity index (χ3v) is 5.12. The van der Waals surface area contributed by atoms with E-state index in [9.17, 15) is 4.79 Å². The minimum absolute atomic E-state index is 0.0448. The molecule has 1 aromatic carbocycles. The maximum atomic E-state index is 12.3. The Morgan fingerprint density at radius 3 is 2.63 bits per heavy atom. The van der Waals surface area contributed by atoms with E-state index in [-0.39, 0.29) is 5.91 Å². The molecule has 1 fully saturated rings. The van der Waals surface area contributed by atoms with Gasteiger partial charge in [-0.25, -0.2) is 0 Å². The van der Waals surface area contributed by atoms with E-state index < -0.39 is 0 Å². The van der Waals surface area contributed by atoms with Crippen LogP contribution in [0.4, 0.5) is 0 Å². The molecule has 1 aromatic heterocycles. The molecule has 0 unspecified atom stereocenters. The van der Waals surface area contributed by atoms with Gasteiger partial charge in [-0.15, -0.1) is 0 Å². The van der Waals surface area contributed by atoms with Crippen molar-refractivity contribution in [3.8, 4) is 0 Å². The van der Waals surface area contributed by atoms with Crippen molar-refractivity contribution in [3.63, 3.8) is 0 Å². The lowest BCUT2D eigenvalue weighted by molar-refractivity contribution is 0.0658. The number of halogens is 1. The minimum Gasteiger partial charge on any atom is -0.459 e. The Labute approximate surface area is 168 Å². The summed E-state index contributed by atoms with van der Waals surface area (Å²) in [4.78, 5) is 20.8.